The Labute approximate surface area is 87.6 Å². The summed E-state index contributed by atoms with van der Waals surface area (Å²) in [5.41, 5.74) is 0. The molecule has 1 atom stereocenters. The monoisotopic (exact) mass is 227 g/mol. The summed E-state index contributed by atoms with van der Waals surface area (Å²) in [6.07, 6.45) is 0. The van der Waals surface area contributed by atoms with Crippen LogP contribution in [-0.4, -0.2) is 15.9 Å². The van der Waals surface area contributed by atoms with Gasteiger partial charge in [-0.15, -0.1) is 11.3 Å². The van der Waals surface area contributed by atoms with Crippen LogP contribution in [0.2, 0.25) is 0 Å². The quantitative estimate of drug-likeness (QED) is 0.738. The summed E-state index contributed by atoms with van der Waals surface area (Å²) in [7, 11) is 1.56. The maximum absolute atomic E-state index is 10.8. The Kier molecular flexibility index (Phi) is 2.54. The summed E-state index contributed by atoms with van der Waals surface area (Å²) in [6.45, 7) is 0. The lowest BCUT2D eigenvalue weighted by Crippen LogP contribution is -1.86. The molecule has 0 N–H and O–H groups in total. The number of benzene rings is 1. The minimum atomic E-state index is -2.18. The lowest BCUT2D eigenvalue weighted by atomic mass is 10.2. The van der Waals surface area contributed by atoms with Crippen molar-refractivity contribution in [2.45, 2.75) is 4.90 Å². The van der Waals surface area contributed by atoms with Crippen LogP contribution in [0.1, 0.15) is 0 Å². The molecule has 1 unspecified atom stereocenters. The molecule has 0 fully saturated rings. The third kappa shape index (κ3) is 1.54. The highest BCUT2D eigenvalue weighted by Gasteiger charge is 2.05. The van der Waals surface area contributed by atoms with E-state index in [1.54, 1.807) is 18.6 Å². The van der Waals surface area contributed by atoms with E-state index in [-0.39, 0.29) is 0 Å². The first-order valence-corrected chi connectivity index (χ1v) is 5.82. The highest BCUT2D eigenvalue weighted by atomic mass is 32.2. The van der Waals surface area contributed by atoms with Gasteiger partial charge in [0.25, 0.3) is 0 Å². The van der Waals surface area contributed by atoms with Gasteiger partial charge in [-0.05, 0) is 29.3 Å². The molecule has 0 aliphatic rings. The van der Waals surface area contributed by atoms with E-state index in [4.69, 9.17) is 4.74 Å². The number of hydrogen-bond donors (Lipinski definition) is 0. The van der Waals surface area contributed by atoms with E-state index in [0.29, 0.717) is 10.6 Å². The highest BCUT2D eigenvalue weighted by molar-refractivity contribution is 7.79. The topological polar surface area (TPSA) is 49.4 Å². The zero-order valence-electron chi connectivity index (χ0n) is 7.35. The maximum Gasteiger partial charge on any atom is 0.119 e. The number of ether oxygens (including phenoxy) is 1. The molecule has 3 nitrogen and oxygen atoms in total. The summed E-state index contributed by atoms with van der Waals surface area (Å²) in [5, 5.41) is 2.36. The normalized spacial score (nSPS) is 13.0. The van der Waals surface area contributed by atoms with E-state index in [1.807, 2.05) is 12.1 Å². The van der Waals surface area contributed by atoms with E-state index >= 15 is 0 Å². The molecule has 0 aliphatic carbocycles. The largest absolute Gasteiger partial charge is 0.768 e. The molecule has 5 heteroatoms. The van der Waals surface area contributed by atoms with Crippen LogP contribution in [0.25, 0.3) is 10.1 Å². The Morgan fingerprint density at radius 3 is 2.93 bits per heavy atom. The molecule has 0 bridgehead atoms. The van der Waals surface area contributed by atoms with Crippen molar-refractivity contribution in [2.75, 3.05) is 7.11 Å². The Balaban J connectivity index is 2.69. The van der Waals surface area contributed by atoms with Crippen molar-refractivity contribution in [1.29, 1.82) is 0 Å². The average molecular weight is 227 g/mol. The third-order valence-electron chi connectivity index (χ3n) is 1.92. The molecule has 0 saturated carbocycles. The van der Waals surface area contributed by atoms with Crippen molar-refractivity contribution in [3.63, 3.8) is 0 Å². The van der Waals surface area contributed by atoms with Gasteiger partial charge in [-0.2, -0.15) is 0 Å². The van der Waals surface area contributed by atoms with Gasteiger partial charge in [0.15, 0.2) is 0 Å². The van der Waals surface area contributed by atoms with Gasteiger partial charge in [0.1, 0.15) is 5.75 Å². The predicted octanol–water partition coefficient (Wildman–Crippen LogP) is 2.15. The van der Waals surface area contributed by atoms with Gasteiger partial charge < -0.3 is 9.29 Å². The average Bonchev–Trinajstić information content (AvgIpc) is 2.59. The van der Waals surface area contributed by atoms with E-state index in [9.17, 15) is 8.76 Å². The van der Waals surface area contributed by atoms with Gasteiger partial charge in [-0.1, -0.05) is 0 Å². The first-order valence-electron chi connectivity index (χ1n) is 3.87. The Bertz CT molecular complexity index is 490. The molecule has 0 aliphatic heterocycles. The lowest BCUT2D eigenvalue weighted by Gasteiger charge is -2.03. The standard InChI is InChI=1S/C9H8O3S2/c1-12-6-2-3-8-7(4-6)9(5-13-8)14(10)11/h2-5H,1H3,(H,10,11)/p-1. The third-order valence-corrected chi connectivity index (χ3v) is 3.73. The summed E-state index contributed by atoms with van der Waals surface area (Å²) < 4.78 is 27.7. The van der Waals surface area contributed by atoms with Crippen LogP contribution in [0.5, 0.6) is 5.75 Å². The van der Waals surface area contributed by atoms with E-state index in [0.717, 1.165) is 10.1 Å². The molecule has 2 rings (SSSR count). The number of hydrogen-bond acceptors (Lipinski definition) is 4. The van der Waals surface area contributed by atoms with Crippen molar-refractivity contribution in [3.05, 3.63) is 23.6 Å². The van der Waals surface area contributed by atoms with Crippen LogP contribution in [0.15, 0.2) is 28.5 Å². The Morgan fingerprint density at radius 2 is 2.29 bits per heavy atom. The summed E-state index contributed by atoms with van der Waals surface area (Å²) >= 11 is -0.765. The number of methoxy groups -OCH3 is 1. The summed E-state index contributed by atoms with van der Waals surface area (Å²) in [4.78, 5) is 0.337. The van der Waals surface area contributed by atoms with E-state index < -0.39 is 11.1 Å². The smallest absolute Gasteiger partial charge is 0.119 e. The maximum atomic E-state index is 10.8. The first-order chi connectivity index (χ1) is 6.72. The fourth-order valence-corrected chi connectivity index (χ4v) is 2.92. The molecular formula is C9H7O3S2-. The fourth-order valence-electron chi connectivity index (χ4n) is 1.24. The molecule has 0 amide bonds. The first kappa shape index (κ1) is 9.64. The van der Waals surface area contributed by atoms with Crippen LogP contribution >= 0.6 is 11.3 Å². The van der Waals surface area contributed by atoms with Gasteiger partial charge >= 0.3 is 0 Å². The van der Waals surface area contributed by atoms with Crippen LogP contribution in [-0.2, 0) is 11.1 Å². The molecule has 1 aromatic heterocycles. The second kappa shape index (κ2) is 3.68. The SMILES string of the molecule is COc1ccc2scc(S(=O)[O-])c2c1. The molecular weight excluding hydrogens is 220 g/mol. The van der Waals surface area contributed by atoms with Crippen LogP contribution in [0.3, 0.4) is 0 Å². The van der Waals surface area contributed by atoms with Gasteiger partial charge in [0.2, 0.25) is 0 Å². The number of fused-ring (bicyclic) bond motifs is 1. The van der Waals surface area contributed by atoms with Crippen molar-refractivity contribution >= 4 is 32.5 Å². The zero-order chi connectivity index (χ0) is 10.1. The minimum absolute atomic E-state index is 0.337. The molecule has 1 heterocycles. The van der Waals surface area contributed by atoms with Crippen molar-refractivity contribution in [3.8, 4) is 5.75 Å². The molecule has 14 heavy (non-hydrogen) atoms. The number of thiophene rings is 1. The van der Waals surface area contributed by atoms with Crippen LogP contribution < -0.4 is 4.74 Å². The van der Waals surface area contributed by atoms with Crippen LogP contribution in [0, 0.1) is 0 Å². The number of rotatable bonds is 2. The lowest BCUT2D eigenvalue weighted by molar-refractivity contribution is 0.415. The molecule has 0 saturated heterocycles. The van der Waals surface area contributed by atoms with E-state index in [2.05, 4.69) is 0 Å². The second-order valence-electron chi connectivity index (χ2n) is 2.70. The van der Waals surface area contributed by atoms with Crippen molar-refractivity contribution in [2.24, 2.45) is 0 Å². The molecule has 0 radical (unpaired) electrons. The Morgan fingerprint density at radius 1 is 1.50 bits per heavy atom. The van der Waals surface area contributed by atoms with Crippen molar-refractivity contribution < 1.29 is 13.5 Å². The zero-order valence-corrected chi connectivity index (χ0v) is 8.98. The summed E-state index contributed by atoms with van der Waals surface area (Å²) in [6, 6.07) is 5.41. The van der Waals surface area contributed by atoms with Gasteiger partial charge in [-0.3, -0.25) is 4.21 Å². The van der Waals surface area contributed by atoms with Crippen molar-refractivity contribution in [1.82, 2.24) is 0 Å². The van der Waals surface area contributed by atoms with Crippen LogP contribution in [0.4, 0.5) is 0 Å². The second-order valence-corrected chi connectivity index (χ2v) is 4.52. The molecule has 2 aromatic rings. The van der Waals surface area contributed by atoms with Gasteiger partial charge in [-0.25, -0.2) is 0 Å². The van der Waals surface area contributed by atoms with Gasteiger partial charge in [0, 0.05) is 20.4 Å². The predicted molar refractivity (Wildman–Crippen MR) is 55.6 cm³/mol. The molecule has 0 spiro atoms. The fraction of sp³-hybridized carbons (Fsp3) is 0.111. The molecule has 74 valence electrons. The van der Waals surface area contributed by atoms with E-state index in [1.165, 1.54) is 11.3 Å². The minimum Gasteiger partial charge on any atom is -0.768 e. The van der Waals surface area contributed by atoms with Gasteiger partial charge in [0.05, 0.1) is 7.11 Å². The summed E-state index contributed by atoms with van der Waals surface area (Å²) in [5.74, 6) is 0.669. The Hall–Kier alpha value is -0.910. The highest BCUT2D eigenvalue weighted by Crippen LogP contribution is 2.30. The molecule has 1 aromatic carbocycles.